The van der Waals surface area contributed by atoms with Gasteiger partial charge in [0.1, 0.15) is 0 Å². The first-order valence-electron chi connectivity index (χ1n) is 6.83. The predicted molar refractivity (Wildman–Crippen MR) is 83.8 cm³/mol. The Morgan fingerprint density at radius 1 is 1.40 bits per heavy atom. The van der Waals surface area contributed by atoms with Crippen LogP contribution in [0, 0.1) is 0 Å². The van der Waals surface area contributed by atoms with Crippen LogP contribution in [0.1, 0.15) is 32.8 Å². The van der Waals surface area contributed by atoms with Gasteiger partial charge >= 0.3 is 0 Å². The lowest BCUT2D eigenvalue weighted by Crippen LogP contribution is -2.23. The topological polar surface area (TPSA) is 38.3 Å². The highest BCUT2D eigenvalue weighted by molar-refractivity contribution is 6.32. The molecule has 4 heteroatoms. The first-order chi connectivity index (χ1) is 9.50. The van der Waals surface area contributed by atoms with Crippen LogP contribution in [0.4, 0.5) is 0 Å². The number of nitrogens with one attached hydrogen (secondary N) is 1. The van der Waals surface area contributed by atoms with Gasteiger partial charge in [0.05, 0.1) is 6.10 Å². The summed E-state index contributed by atoms with van der Waals surface area (Å²) in [4.78, 5) is 11.8. The van der Waals surface area contributed by atoms with Crippen molar-refractivity contribution < 1.29 is 9.53 Å². The van der Waals surface area contributed by atoms with Gasteiger partial charge in [0, 0.05) is 24.3 Å². The molecule has 0 saturated carbocycles. The molecule has 0 spiro atoms. The van der Waals surface area contributed by atoms with Crippen molar-refractivity contribution in [1.29, 1.82) is 0 Å². The van der Waals surface area contributed by atoms with E-state index in [0.717, 1.165) is 17.6 Å². The summed E-state index contributed by atoms with van der Waals surface area (Å²) < 4.78 is 5.41. The predicted octanol–water partition coefficient (Wildman–Crippen LogP) is 3.67. The number of rotatable bonds is 7. The van der Waals surface area contributed by atoms with Gasteiger partial charge in [-0.2, -0.15) is 0 Å². The van der Waals surface area contributed by atoms with Crippen molar-refractivity contribution in [2.45, 2.75) is 33.3 Å². The highest BCUT2D eigenvalue weighted by atomic mass is 35.5. The number of carbonyl (C=O) groups excluding carboxylic acids is 1. The standard InChI is InChI=1S/C16H22ClNO2/c1-12(2)20-10-6-9-18-16(19)11-13(3)14-7-4-5-8-15(14)17/h4-5,7-8,11-12H,6,9-10H2,1-3H3,(H,18,19)/b13-11-. The van der Waals surface area contributed by atoms with Crippen LogP contribution in [-0.4, -0.2) is 25.2 Å². The Morgan fingerprint density at radius 2 is 2.10 bits per heavy atom. The molecule has 1 rings (SSSR count). The number of allylic oxidation sites excluding steroid dienone is 1. The zero-order valence-electron chi connectivity index (χ0n) is 12.3. The Morgan fingerprint density at radius 3 is 2.75 bits per heavy atom. The maximum atomic E-state index is 11.8. The lowest BCUT2D eigenvalue weighted by Gasteiger charge is -2.08. The molecule has 0 heterocycles. The lowest BCUT2D eigenvalue weighted by molar-refractivity contribution is -0.116. The number of carbonyl (C=O) groups is 1. The molecule has 0 aliphatic rings. The van der Waals surface area contributed by atoms with Crippen LogP contribution in [0.2, 0.25) is 5.02 Å². The molecule has 1 amide bonds. The second-order valence-electron chi connectivity index (χ2n) is 4.87. The van der Waals surface area contributed by atoms with E-state index in [-0.39, 0.29) is 12.0 Å². The van der Waals surface area contributed by atoms with Crippen molar-refractivity contribution in [1.82, 2.24) is 5.32 Å². The normalized spacial score (nSPS) is 11.8. The van der Waals surface area contributed by atoms with Crippen molar-refractivity contribution in [2.24, 2.45) is 0 Å². The molecular formula is C16H22ClNO2. The fourth-order valence-electron chi connectivity index (χ4n) is 1.71. The van der Waals surface area contributed by atoms with Gasteiger partial charge in [-0.1, -0.05) is 29.8 Å². The van der Waals surface area contributed by atoms with Gasteiger partial charge in [-0.25, -0.2) is 0 Å². The third-order valence-electron chi connectivity index (χ3n) is 2.72. The molecule has 0 aliphatic carbocycles. The van der Waals surface area contributed by atoms with Crippen molar-refractivity contribution >= 4 is 23.1 Å². The smallest absolute Gasteiger partial charge is 0.244 e. The molecule has 0 saturated heterocycles. The minimum absolute atomic E-state index is 0.105. The van der Waals surface area contributed by atoms with Crippen molar-refractivity contribution in [3.8, 4) is 0 Å². The van der Waals surface area contributed by atoms with Crippen LogP contribution >= 0.6 is 11.6 Å². The van der Waals surface area contributed by atoms with Gasteiger partial charge in [0.25, 0.3) is 0 Å². The number of halogens is 1. The minimum Gasteiger partial charge on any atom is -0.379 e. The summed E-state index contributed by atoms with van der Waals surface area (Å²) in [6.45, 7) is 7.13. The molecule has 0 atom stereocenters. The Bertz CT molecular complexity index is 469. The summed E-state index contributed by atoms with van der Waals surface area (Å²) >= 11 is 6.09. The second-order valence-corrected chi connectivity index (χ2v) is 5.28. The summed E-state index contributed by atoms with van der Waals surface area (Å²) in [6.07, 6.45) is 2.61. The fraction of sp³-hybridized carbons (Fsp3) is 0.438. The highest BCUT2D eigenvalue weighted by Crippen LogP contribution is 2.22. The van der Waals surface area contributed by atoms with E-state index in [1.54, 1.807) is 6.08 Å². The minimum atomic E-state index is -0.105. The molecule has 1 aromatic rings. The highest BCUT2D eigenvalue weighted by Gasteiger charge is 2.03. The molecule has 0 aromatic heterocycles. The molecule has 1 N–H and O–H groups in total. The summed E-state index contributed by atoms with van der Waals surface area (Å²) in [7, 11) is 0. The van der Waals surface area contributed by atoms with Crippen molar-refractivity contribution in [3.63, 3.8) is 0 Å². The van der Waals surface area contributed by atoms with Crippen LogP contribution in [0.15, 0.2) is 30.3 Å². The number of amides is 1. The van der Waals surface area contributed by atoms with Crippen molar-refractivity contribution in [3.05, 3.63) is 40.9 Å². The third kappa shape index (κ3) is 6.22. The van der Waals surface area contributed by atoms with Gasteiger partial charge < -0.3 is 10.1 Å². The number of hydrogen-bond acceptors (Lipinski definition) is 2. The van der Waals surface area contributed by atoms with Crippen LogP contribution < -0.4 is 5.32 Å². The molecule has 0 unspecified atom stereocenters. The Hall–Kier alpha value is -1.32. The maximum absolute atomic E-state index is 11.8. The summed E-state index contributed by atoms with van der Waals surface area (Å²) in [6, 6.07) is 7.49. The van der Waals surface area contributed by atoms with E-state index in [0.29, 0.717) is 18.2 Å². The van der Waals surface area contributed by atoms with E-state index >= 15 is 0 Å². The monoisotopic (exact) mass is 295 g/mol. The van der Waals surface area contributed by atoms with Crippen LogP contribution in [0.3, 0.4) is 0 Å². The number of benzene rings is 1. The molecule has 1 aromatic carbocycles. The molecule has 0 aliphatic heterocycles. The molecule has 0 fully saturated rings. The Kier molecular flexibility index (Phi) is 7.34. The zero-order valence-corrected chi connectivity index (χ0v) is 13.0. The van der Waals surface area contributed by atoms with Crippen LogP contribution in [0.25, 0.3) is 5.57 Å². The quantitative estimate of drug-likeness (QED) is 0.615. The maximum Gasteiger partial charge on any atom is 0.244 e. The van der Waals surface area contributed by atoms with Crippen LogP contribution in [0.5, 0.6) is 0 Å². The molecule has 20 heavy (non-hydrogen) atoms. The molecular weight excluding hydrogens is 274 g/mol. The SMILES string of the molecule is C/C(=C/C(=O)NCCCOC(C)C)c1ccccc1Cl. The fourth-order valence-corrected chi connectivity index (χ4v) is 1.99. The van der Waals surface area contributed by atoms with E-state index in [1.807, 2.05) is 45.0 Å². The number of hydrogen-bond donors (Lipinski definition) is 1. The third-order valence-corrected chi connectivity index (χ3v) is 3.05. The van der Waals surface area contributed by atoms with Gasteiger partial charge in [-0.15, -0.1) is 0 Å². The van der Waals surface area contributed by atoms with E-state index in [1.165, 1.54) is 0 Å². The zero-order chi connectivity index (χ0) is 15.0. The second kappa shape index (κ2) is 8.77. The van der Waals surface area contributed by atoms with Gasteiger partial charge in [0.2, 0.25) is 5.91 Å². The van der Waals surface area contributed by atoms with E-state index in [2.05, 4.69) is 5.32 Å². The average Bonchev–Trinajstić information content (AvgIpc) is 2.38. The lowest BCUT2D eigenvalue weighted by atomic mass is 10.1. The molecule has 0 bridgehead atoms. The van der Waals surface area contributed by atoms with E-state index in [9.17, 15) is 4.79 Å². The first kappa shape index (κ1) is 16.7. The summed E-state index contributed by atoms with van der Waals surface area (Å²) in [5.41, 5.74) is 1.74. The molecule has 3 nitrogen and oxygen atoms in total. The first-order valence-corrected chi connectivity index (χ1v) is 7.21. The molecule has 110 valence electrons. The van der Waals surface area contributed by atoms with Crippen LogP contribution in [-0.2, 0) is 9.53 Å². The van der Waals surface area contributed by atoms with E-state index < -0.39 is 0 Å². The number of ether oxygens (including phenoxy) is 1. The van der Waals surface area contributed by atoms with Gasteiger partial charge in [-0.3, -0.25) is 4.79 Å². The summed E-state index contributed by atoms with van der Waals surface area (Å²) in [5.74, 6) is -0.105. The Balaban J connectivity index is 2.41. The average molecular weight is 296 g/mol. The summed E-state index contributed by atoms with van der Waals surface area (Å²) in [5, 5.41) is 3.49. The van der Waals surface area contributed by atoms with Crippen molar-refractivity contribution in [2.75, 3.05) is 13.2 Å². The van der Waals surface area contributed by atoms with E-state index in [4.69, 9.17) is 16.3 Å². The van der Waals surface area contributed by atoms with Gasteiger partial charge in [-0.05, 0) is 44.4 Å². The van der Waals surface area contributed by atoms with Gasteiger partial charge in [0.15, 0.2) is 0 Å². The molecule has 0 radical (unpaired) electrons. The Labute approximate surface area is 126 Å². The largest absolute Gasteiger partial charge is 0.379 e.